The Balaban J connectivity index is 1.42. The maximum Gasteiger partial charge on any atom is 0.255 e. The maximum absolute atomic E-state index is 13.0. The molecule has 7 heteroatoms. The first-order chi connectivity index (χ1) is 13.1. The average Bonchev–Trinajstić information content (AvgIpc) is 3.26. The van der Waals surface area contributed by atoms with E-state index in [1.165, 1.54) is 0 Å². The lowest BCUT2D eigenvalue weighted by molar-refractivity contribution is -0.143. The van der Waals surface area contributed by atoms with E-state index in [4.69, 9.17) is 0 Å². The Morgan fingerprint density at radius 2 is 1.96 bits per heavy atom. The fourth-order valence-electron chi connectivity index (χ4n) is 4.79. The Labute approximate surface area is 158 Å². The Kier molecular flexibility index (Phi) is 3.67. The third-order valence-electron chi connectivity index (χ3n) is 6.52. The van der Waals surface area contributed by atoms with Crippen molar-refractivity contribution in [1.82, 2.24) is 24.8 Å². The predicted molar refractivity (Wildman–Crippen MR) is 99.1 cm³/mol. The first kappa shape index (κ1) is 16.6. The van der Waals surface area contributed by atoms with Gasteiger partial charge >= 0.3 is 0 Å². The summed E-state index contributed by atoms with van der Waals surface area (Å²) in [6.45, 7) is 3.95. The Bertz CT molecular complexity index is 886. The average molecular weight is 367 g/mol. The number of carbonyl (C=O) groups excluding carboxylic acids is 2. The van der Waals surface area contributed by atoms with Gasteiger partial charge < -0.3 is 19.8 Å². The van der Waals surface area contributed by atoms with Gasteiger partial charge in [-0.2, -0.15) is 0 Å². The number of aromatic amines is 2. The van der Waals surface area contributed by atoms with Gasteiger partial charge in [0.1, 0.15) is 0 Å². The first-order valence-corrected chi connectivity index (χ1v) is 9.87. The number of amides is 2. The molecule has 1 saturated heterocycles. The van der Waals surface area contributed by atoms with Gasteiger partial charge in [0, 0.05) is 49.6 Å². The first-order valence-electron chi connectivity index (χ1n) is 9.87. The second kappa shape index (κ2) is 5.97. The third kappa shape index (κ3) is 2.51. The zero-order valence-electron chi connectivity index (χ0n) is 15.6. The zero-order valence-corrected chi connectivity index (χ0v) is 15.6. The number of piperidine rings is 1. The monoisotopic (exact) mass is 367 g/mol. The number of H-pyrrole nitrogens is 2. The summed E-state index contributed by atoms with van der Waals surface area (Å²) in [5, 5.41) is 0. The molecule has 1 saturated carbocycles. The third-order valence-corrected chi connectivity index (χ3v) is 6.52. The van der Waals surface area contributed by atoms with Crippen molar-refractivity contribution < 1.29 is 9.59 Å². The highest BCUT2D eigenvalue weighted by Crippen LogP contribution is 2.45. The van der Waals surface area contributed by atoms with Crippen LogP contribution in [0.4, 0.5) is 0 Å². The number of rotatable bonds is 2. The van der Waals surface area contributed by atoms with E-state index in [1.54, 1.807) is 12.5 Å². The highest BCUT2D eigenvalue weighted by molar-refractivity contribution is 5.95. The molecule has 3 aliphatic rings. The van der Waals surface area contributed by atoms with E-state index in [0.29, 0.717) is 13.1 Å². The number of imidazole rings is 1. The standard InChI is InChI=1S/C20H25N5O2/c1-13-15(4-8-21-13)19(27)24-10-6-20(7-11-24)17-16(22-12-23-17)5-9-25(20)18(26)14-2-3-14/h4,8,12,14,21H,2-3,5-7,9-11H2,1H3,(H,22,23). The maximum atomic E-state index is 13.0. The number of hydrogen-bond donors (Lipinski definition) is 2. The molecule has 0 bridgehead atoms. The SMILES string of the molecule is Cc1[nH]ccc1C(=O)N1CCC2(CC1)c1nc[nH]c1CCN2C(=O)C1CC1. The molecule has 7 nitrogen and oxygen atoms in total. The normalized spacial score (nSPS) is 21.4. The molecule has 2 N–H and O–H groups in total. The fraction of sp³-hybridized carbons (Fsp3) is 0.550. The quantitative estimate of drug-likeness (QED) is 0.851. The molecule has 2 aliphatic heterocycles. The summed E-state index contributed by atoms with van der Waals surface area (Å²) in [6.07, 6.45) is 7.91. The van der Waals surface area contributed by atoms with Crippen LogP contribution in [-0.4, -0.2) is 56.2 Å². The molecule has 0 aromatic carbocycles. The smallest absolute Gasteiger partial charge is 0.255 e. The number of nitrogens with one attached hydrogen (secondary N) is 2. The Morgan fingerprint density at radius 3 is 2.63 bits per heavy atom. The van der Waals surface area contributed by atoms with Crippen LogP contribution in [0.5, 0.6) is 0 Å². The van der Waals surface area contributed by atoms with Crippen LogP contribution >= 0.6 is 0 Å². The van der Waals surface area contributed by atoms with Crippen molar-refractivity contribution in [2.75, 3.05) is 19.6 Å². The van der Waals surface area contributed by atoms with Gasteiger partial charge in [0.2, 0.25) is 5.91 Å². The number of nitrogens with zero attached hydrogens (tertiary/aromatic N) is 3. The van der Waals surface area contributed by atoms with Crippen molar-refractivity contribution in [3.8, 4) is 0 Å². The lowest BCUT2D eigenvalue weighted by Crippen LogP contribution is -2.59. The molecule has 1 aliphatic carbocycles. The summed E-state index contributed by atoms with van der Waals surface area (Å²) in [5.41, 5.74) is 3.44. The molecule has 1 spiro atoms. The van der Waals surface area contributed by atoms with Gasteiger partial charge in [-0.25, -0.2) is 4.98 Å². The second-order valence-electron chi connectivity index (χ2n) is 8.08. The molecule has 142 valence electrons. The van der Waals surface area contributed by atoms with Crippen molar-refractivity contribution in [2.24, 2.45) is 5.92 Å². The van der Waals surface area contributed by atoms with E-state index in [0.717, 1.165) is 61.3 Å². The minimum Gasteiger partial charge on any atom is -0.365 e. The summed E-state index contributed by atoms with van der Waals surface area (Å²) in [4.78, 5) is 40.9. The number of likely N-dealkylation sites (tertiary alicyclic amines) is 1. The van der Waals surface area contributed by atoms with E-state index in [1.807, 2.05) is 17.9 Å². The van der Waals surface area contributed by atoms with Crippen molar-refractivity contribution in [1.29, 1.82) is 0 Å². The predicted octanol–water partition coefficient (Wildman–Crippen LogP) is 1.97. The summed E-state index contributed by atoms with van der Waals surface area (Å²) in [5.74, 6) is 0.552. The van der Waals surface area contributed by atoms with E-state index in [9.17, 15) is 9.59 Å². The highest BCUT2D eigenvalue weighted by atomic mass is 16.2. The Hall–Kier alpha value is -2.57. The summed E-state index contributed by atoms with van der Waals surface area (Å²) in [6, 6.07) is 1.84. The van der Waals surface area contributed by atoms with Crippen LogP contribution in [-0.2, 0) is 16.8 Å². The van der Waals surface area contributed by atoms with Gasteiger partial charge in [-0.3, -0.25) is 9.59 Å². The van der Waals surface area contributed by atoms with E-state index < -0.39 is 0 Å². The van der Waals surface area contributed by atoms with Crippen molar-refractivity contribution in [3.63, 3.8) is 0 Å². The van der Waals surface area contributed by atoms with Gasteiger partial charge in [-0.15, -0.1) is 0 Å². The van der Waals surface area contributed by atoms with Gasteiger partial charge in [0.05, 0.1) is 23.1 Å². The minimum absolute atomic E-state index is 0.0710. The zero-order chi connectivity index (χ0) is 18.6. The molecule has 2 aromatic rings. The van der Waals surface area contributed by atoms with E-state index in [-0.39, 0.29) is 23.3 Å². The van der Waals surface area contributed by atoms with Crippen LogP contribution in [0.2, 0.25) is 0 Å². The molecule has 5 rings (SSSR count). The van der Waals surface area contributed by atoms with Gasteiger partial charge in [0.15, 0.2) is 0 Å². The lowest BCUT2D eigenvalue weighted by atomic mass is 9.78. The number of aromatic nitrogens is 3. The van der Waals surface area contributed by atoms with Crippen molar-refractivity contribution in [2.45, 2.75) is 44.6 Å². The van der Waals surface area contributed by atoms with Crippen molar-refractivity contribution in [3.05, 3.63) is 41.2 Å². The van der Waals surface area contributed by atoms with Crippen LogP contribution in [0.15, 0.2) is 18.6 Å². The van der Waals surface area contributed by atoms with Crippen LogP contribution in [0.25, 0.3) is 0 Å². The molecule has 0 radical (unpaired) electrons. The van der Waals surface area contributed by atoms with Gasteiger partial charge in [0.25, 0.3) is 5.91 Å². The largest absolute Gasteiger partial charge is 0.365 e. The molecule has 2 fully saturated rings. The van der Waals surface area contributed by atoms with Crippen LogP contribution in [0.3, 0.4) is 0 Å². The molecule has 0 atom stereocenters. The molecule has 27 heavy (non-hydrogen) atoms. The topological polar surface area (TPSA) is 85.1 Å². The van der Waals surface area contributed by atoms with E-state index in [2.05, 4.69) is 19.9 Å². The fourth-order valence-corrected chi connectivity index (χ4v) is 4.79. The molecular formula is C20H25N5O2. The number of hydrogen-bond acceptors (Lipinski definition) is 3. The number of aryl methyl sites for hydroxylation is 1. The second-order valence-corrected chi connectivity index (χ2v) is 8.08. The molecule has 4 heterocycles. The lowest BCUT2D eigenvalue weighted by Gasteiger charge is -2.50. The Morgan fingerprint density at radius 1 is 1.19 bits per heavy atom. The molecule has 2 aromatic heterocycles. The summed E-state index contributed by atoms with van der Waals surface area (Å²) < 4.78 is 0. The summed E-state index contributed by atoms with van der Waals surface area (Å²) in [7, 11) is 0. The van der Waals surface area contributed by atoms with Crippen LogP contribution in [0, 0.1) is 12.8 Å². The van der Waals surface area contributed by atoms with Gasteiger partial charge in [-0.05, 0) is 38.7 Å². The van der Waals surface area contributed by atoms with Crippen molar-refractivity contribution >= 4 is 11.8 Å². The van der Waals surface area contributed by atoms with Crippen LogP contribution in [0.1, 0.15) is 53.1 Å². The molecular weight excluding hydrogens is 342 g/mol. The van der Waals surface area contributed by atoms with Gasteiger partial charge in [-0.1, -0.05) is 0 Å². The summed E-state index contributed by atoms with van der Waals surface area (Å²) >= 11 is 0. The van der Waals surface area contributed by atoms with E-state index >= 15 is 0 Å². The minimum atomic E-state index is -0.364. The number of fused-ring (bicyclic) bond motifs is 2. The molecule has 0 unspecified atom stereocenters. The molecule has 2 amide bonds. The highest BCUT2D eigenvalue weighted by Gasteiger charge is 2.51. The number of carbonyl (C=O) groups is 2. The van der Waals surface area contributed by atoms with Crippen LogP contribution < -0.4 is 0 Å².